The number of ether oxygens (including phenoxy) is 8. The number of benzene rings is 2. The molecule has 9 heteroatoms. The van der Waals surface area contributed by atoms with E-state index in [-0.39, 0.29) is 5.75 Å². The maximum absolute atomic E-state index is 12.1. The fourth-order valence-electron chi connectivity index (χ4n) is 3.68. The van der Waals surface area contributed by atoms with E-state index >= 15 is 0 Å². The minimum atomic E-state index is -0.707. The third-order valence-corrected chi connectivity index (χ3v) is 4.97. The zero-order valence-electron chi connectivity index (χ0n) is 18.4. The van der Waals surface area contributed by atoms with Crippen molar-refractivity contribution in [3.8, 4) is 45.6 Å². The highest BCUT2D eigenvalue weighted by molar-refractivity contribution is 5.97. The van der Waals surface area contributed by atoms with Gasteiger partial charge in [-0.25, -0.2) is 0 Å². The lowest BCUT2D eigenvalue weighted by molar-refractivity contribution is -0.0439. The Hall–Kier alpha value is -3.17. The first-order chi connectivity index (χ1) is 15.1. The summed E-state index contributed by atoms with van der Waals surface area (Å²) in [7, 11) is 8.96. The van der Waals surface area contributed by atoms with Crippen molar-refractivity contribution in [2.24, 2.45) is 0 Å². The predicted octanol–water partition coefficient (Wildman–Crippen LogP) is 3.26. The van der Waals surface area contributed by atoms with Crippen LogP contribution in [-0.2, 0) is 9.47 Å². The van der Waals surface area contributed by atoms with Crippen molar-refractivity contribution in [3.63, 3.8) is 0 Å². The van der Waals surface area contributed by atoms with Gasteiger partial charge in [0.25, 0.3) is 0 Å². The van der Waals surface area contributed by atoms with Gasteiger partial charge in [-0.1, -0.05) is 0 Å². The van der Waals surface area contributed by atoms with E-state index in [1.807, 2.05) is 0 Å². The molecule has 0 radical (unpaired) electrons. The molecule has 1 aliphatic rings. The van der Waals surface area contributed by atoms with Gasteiger partial charge in [-0.15, -0.1) is 0 Å². The second-order valence-electron chi connectivity index (χ2n) is 6.41. The van der Waals surface area contributed by atoms with Crippen LogP contribution < -0.4 is 28.4 Å². The van der Waals surface area contributed by atoms with Crippen LogP contribution in [0.25, 0.3) is 11.1 Å². The molecule has 168 valence electrons. The first kappa shape index (κ1) is 22.5. The van der Waals surface area contributed by atoms with Gasteiger partial charge in [0.05, 0.1) is 55.9 Å². The summed E-state index contributed by atoms with van der Waals surface area (Å²) in [6, 6.07) is 3.30. The van der Waals surface area contributed by atoms with Crippen molar-refractivity contribution in [3.05, 3.63) is 23.3 Å². The van der Waals surface area contributed by atoms with E-state index in [9.17, 15) is 4.79 Å². The highest BCUT2D eigenvalue weighted by Crippen LogP contribution is 2.55. The van der Waals surface area contributed by atoms with Crippen LogP contribution in [0.5, 0.6) is 34.5 Å². The molecule has 0 aromatic heterocycles. The zero-order chi connectivity index (χ0) is 22.5. The van der Waals surface area contributed by atoms with Crippen LogP contribution in [0.3, 0.4) is 0 Å². The lowest BCUT2D eigenvalue weighted by Crippen LogP contribution is -2.08. The third kappa shape index (κ3) is 3.82. The van der Waals surface area contributed by atoms with Crippen LogP contribution >= 0.6 is 0 Å². The molecule has 31 heavy (non-hydrogen) atoms. The summed E-state index contributed by atoms with van der Waals surface area (Å²) < 4.78 is 44.9. The first-order valence-corrected chi connectivity index (χ1v) is 9.44. The Labute approximate surface area is 180 Å². The lowest BCUT2D eigenvalue weighted by atomic mass is 9.91. The number of hydrogen-bond acceptors (Lipinski definition) is 9. The quantitative estimate of drug-likeness (QED) is 0.552. The Morgan fingerprint density at radius 1 is 0.710 bits per heavy atom. The van der Waals surface area contributed by atoms with Gasteiger partial charge in [-0.05, 0) is 12.1 Å². The summed E-state index contributed by atoms with van der Waals surface area (Å²) in [5.74, 6) is 2.04. The van der Waals surface area contributed by atoms with Gasteiger partial charge in [-0.3, -0.25) is 4.79 Å². The first-order valence-electron chi connectivity index (χ1n) is 9.44. The molecule has 0 saturated carbocycles. The zero-order valence-corrected chi connectivity index (χ0v) is 18.4. The van der Waals surface area contributed by atoms with E-state index in [0.29, 0.717) is 70.5 Å². The summed E-state index contributed by atoms with van der Waals surface area (Å²) in [6.07, 6.45) is -0.00293. The predicted molar refractivity (Wildman–Crippen MR) is 111 cm³/mol. The number of hydrogen-bond donors (Lipinski definition) is 0. The molecule has 9 nitrogen and oxygen atoms in total. The second-order valence-corrected chi connectivity index (χ2v) is 6.41. The number of carbonyl (C=O) groups excluding carboxylic acids is 1. The SMILES string of the molecule is COc1cc(C=O)c(-c2c(C3OCCO3)cc(OC)c(OC)c2OC)c(OC)c1OC. The molecule has 0 amide bonds. The fourth-order valence-corrected chi connectivity index (χ4v) is 3.68. The molecule has 0 unspecified atom stereocenters. The van der Waals surface area contributed by atoms with Crippen LogP contribution in [0.4, 0.5) is 0 Å². The van der Waals surface area contributed by atoms with Gasteiger partial charge in [0.2, 0.25) is 11.5 Å². The minimum absolute atomic E-state index is 0.286. The molecule has 1 heterocycles. The highest BCUT2D eigenvalue weighted by Gasteiger charge is 2.33. The Kier molecular flexibility index (Phi) is 7.09. The number of aldehydes is 1. The Balaban J connectivity index is 2.50. The molecular formula is C22H26O9. The summed E-state index contributed by atoms with van der Waals surface area (Å²) >= 11 is 0. The Morgan fingerprint density at radius 3 is 1.65 bits per heavy atom. The van der Waals surface area contributed by atoms with E-state index in [0.717, 1.165) is 0 Å². The van der Waals surface area contributed by atoms with Gasteiger partial charge in [0.15, 0.2) is 35.6 Å². The fraction of sp³-hybridized carbons (Fsp3) is 0.409. The molecule has 0 atom stereocenters. The maximum Gasteiger partial charge on any atom is 0.203 e. The molecule has 1 aliphatic heterocycles. The second kappa shape index (κ2) is 9.76. The van der Waals surface area contributed by atoms with Gasteiger partial charge in [0.1, 0.15) is 0 Å². The molecule has 0 bridgehead atoms. The molecule has 0 aliphatic carbocycles. The van der Waals surface area contributed by atoms with Gasteiger partial charge in [-0.2, -0.15) is 0 Å². The lowest BCUT2D eigenvalue weighted by Gasteiger charge is -2.25. The standard InChI is InChI=1S/C22H26O9/c1-24-14-9-12(11-23)16(20(28-5)18(14)26-3)17-13(22-30-7-8-31-22)10-15(25-2)19(27-4)21(17)29-6/h9-11,22H,7-8H2,1-6H3. The maximum atomic E-state index is 12.1. The third-order valence-electron chi connectivity index (χ3n) is 4.97. The van der Waals surface area contributed by atoms with E-state index < -0.39 is 6.29 Å². The van der Waals surface area contributed by atoms with Crippen molar-refractivity contribution in [1.29, 1.82) is 0 Å². The van der Waals surface area contributed by atoms with Crippen molar-refractivity contribution >= 4 is 6.29 Å². The van der Waals surface area contributed by atoms with Crippen LogP contribution in [0.1, 0.15) is 22.2 Å². The molecule has 2 aromatic carbocycles. The Morgan fingerprint density at radius 2 is 1.19 bits per heavy atom. The van der Waals surface area contributed by atoms with E-state index in [4.69, 9.17) is 37.9 Å². The monoisotopic (exact) mass is 434 g/mol. The van der Waals surface area contributed by atoms with E-state index in [1.54, 1.807) is 12.1 Å². The molecular weight excluding hydrogens is 408 g/mol. The Bertz CT molecular complexity index is 949. The molecule has 1 saturated heterocycles. The largest absolute Gasteiger partial charge is 0.493 e. The van der Waals surface area contributed by atoms with Crippen LogP contribution in [0.15, 0.2) is 12.1 Å². The smallest absolute Gasteiger partial charge is 0.203 e. The average molecular weight is 434 g/mol. The number of carbonyl (C=O) groups is 1. The molecule has 3 rings (SSSR count). The topological polar surface area (TPSA) is 90.9 Å². The van der Waals surface area contributed by atoms with Crippen molar-refractivity contribution in [2.45, 2.75) is 6.29 Å². The van der Waals surface area contributed by atoms with Gasteiger partial charge < -0.3 is 37.9 Å². The van der Waals surface area contributed by atoms with Crippen LogP contribution in [0.2, 0.25) is 0 Å². The summed E-state index contributed by atoms with van der Waals surface area (Å²) in [5, 5.41) is 0. The minimum Gasteiger partial charge on any atom is -0.493 e. The molecule has 0 N–H and O–H groups in total. The summed E-state index contributed by atoms with van der Waals surface area (Å²) in [6.45, 7) is 0.842. The average Bonchev–Trinajstić information content (AvgIpc) is 3.35. The molecule has 2 aromatic rings. The van der Waals surface area contributed by atoms with Crippen molar-refractivity contribution in [1.82, 2.24) is 0 Å². The summed E-state index contributed by atoms with van der Waals surface area (Å²) in [5.41, 5.74) is 1.79. The number of rotatable bonds is 9. The molecule has 1 fully saturated rings. The van der Waals surface area contributed by atoms with Crippen LogP contribution in [-0.4, -0.2) is 62.2 Å². The van der Waals surface area contributed by atoms with E-state index in [1.165, 1.54) is 42.7 Å². The molecule has 0 spiro atoms. The van der Waals surface area contributed by atoms with E-state index in [2.05, 4.69) is 0 Å². The normalized spacial score (nSPS) is 13.6. The highest BCUT2D eigenvalue weighted by atomic mass is 16.7. The van der Waals surface area contributed by atoms with Gasteiger partial charge >= 0.3 is 0 Å². The van der Waals surface area contributed by atoms with Crippen LogP contribution in [0, 0.1) is 0 Å². The summed E-state index contributed by atoms with van der Waals surface area (Å²) in [4.78, 5) is 12.1. The van der Waals surface area contributed by atoms with Crippen molar-refractivity contribution < 1.29 is 42.7 Å². The number of methoxy groups -OCH3 is 6. The van der Waals surface area contributed by atoms with Gasteiger partial charge in [0, 0.05) is 22.3 Å². The van der Waals surface area contributed by atoms with Crippen molar-refractivity contribution in [2.75, 3.05) is 55.9 Å².